The third-order valence-corrected chi connectivity index (χ3v) is 4.53. The standard InChI is InChI=1S/C20H28N2O3/c1-3-13-25-18-11-9-16(10-12-18)15-22(2)19(23)14-21-20(24)17-7-5-4-6-8-17/h3,9-12,17H,1,4-8,13-15H2,2H3,(H,21,24). The Labute approximate surface area is 150 Å². The van der Waals surface area contributed by atoms with Gasteiger partial charge in [-0.1, -0.05) is 44.1 Å². The minimum absolute atomic E-state index is 0.0187. The zero-order chi connectivity index (χ0) is 18.1. The number of nitrogens with one attached hydrogen (secondary N) is 1. The highest BCUT2D eigenvalue weighted by molar-refractivity contribution is 5.85. The molecule has 0 aliphatic heterocycles. The van der Waals surface area contributed by atoms with Gasteiger partial charge in [0.25, 0.3) is 0 Å². The van der Waals surface area contributed by atoms with Gasteiger partial charge in [-0.2, -0.15) is 0 Å². The first-order valence-corrected chi connectivity index (χ1v) is 8.94. The number of amides is 2. The molecule has 136 valence electrons. The van der Waals surface area contributed by atoms with Crippen LogP contribution in [0, 0.1) is 5.92 Å². The molecule has 0 radical (unpaired) electrons. The van der Waals surface area contributed by atoms with E-state index in [0.717, 1.165) is 37.0 Å². The zero-order valence-electron chi connectivity index (χ0n) is 15.0. The van der Waals surface area contributed by atoms with Gasteiger partial charge < -0.3 is 15.0 Å². The highest BCUT2D eigenvalue weighted by atomic mass is 16.5. The van der Waals surface area contributed by atoms with E-state index < -0.39 is 0 Å². The smallest absolute Gasteiger partial charge is 0.242 e. The van der Waals surface area contributed by atoms with Crippen molar-refractivity contribution in [3.05, 3.63) is 42.5 Å². The predicted octanol–water partition coefficient (Wildman–Crippen LogP) is 2.91. The predicted molar refractivity (Wildman–Crippen MR) is 98.2 cm³/mol. The molecular weight excluding hydrogens is 316 g/mol. The number of carbonyl (C=O) groups is 2. The van der Waals surface area contributed by atoms with Gasteiger partial charge in [-0.05, 0) is 30.5 Å². The monoisotopic (exact) mass is 344 g/mol. The fraction of sp³-hybridized carbons (Fsp3) is 0.500. The van der Waals surface area contributed by atoms with Crippen LogP contribution in [0.15, 0.2) is 36.9 Å². The number of rotatable bonds is 8. The van der Waals surface area contributed by atoms with E-state index in [1.165, 1.54) is 6.42 Å². The van der Waals surface area contributed by atoms with Gasteiger partial charge in [0.1, 0.15) is 12.4 Å². The summed E-state index contributed by atoms with van der Waals surface area (Å²) >= 11 is 0. The summed E-state index contributed by atoms with van der Waals surface area (Å²) in [4.78, 5) is 25.9. The van der Waals surface area contributed by atoms with Crippen molar-refractivity contribution >= 4 is 11.8 Å². The lowest BCUT2D eigenvalue weighted by Gasteiger charge is -2.22. The molecule has 0 heterocycles. The zero-order valence-corrected chi connectivity index (χ0v) is 15.0. The van der Waals surface area contributed by atoms with E-state index in [1.54, 1.807) is 18.0 Å². The number of hydrogen-bond donors (Lipinski definition) is 1. The summed E-state index contributed by atoms with van der Waals surface area (Å²) in [6.45, 7) is 4.64. The summed E-state index contributed by atoms with van der Waals surface area (Å²) < 4.78 is 5.44. The van der Waals surface area contributed by atoms with Crippen LogP contribution in [0.3, 0.4) is 0 Å². The highest BCUT2D eigenvalue weighted by Gasteiger charge is 2.21. The molecule has 0 saturated heterocycles. The Balaban J connectivity index is 1.75. The second kappa shape index (κ2) is 9.87. The quantitative estimate of drug-likeness (QED) is 0.738. The second-order valence-corrected chi connectivity index (χ2v) is 6.55. The molecule has 0 unspecified atom stereocenters. The molecule has 25 heavy (non-hydrogen) atoms. The Hall–Kier alpha value is -2.30. The van der Waals surface area contributed by atoms with E-state index in [2.05, 4.69) is 11.9 Å². The van der Waals surface area contributed by atoms with Gasteiger partial charge in [0, 0.05) is 19.5 Å². The Kier molecular flexibility index (Phi) is 7.51. The maximum absolute atomic E-state index is 12.2. The molecular formula is C20H28N2O3. The van der Waals surface area contributed by atoms with Gasteiger partial charge in [0.2, 0.25) is 11.8 Å². The van der Waals surface area contributed by atoms with Gasteiger partial charge in [-0.15, -0.1) is 0 Å². The van der Waals surface area contributed by atoms with Crippen LogP contribution < -0.4 is 10.1 Å². The lowest BCUT2D eigenvalue weighted by molar-refractivity contribution is -0.133. The van der Waals surface area contributed by atoms with Crippen molar-refractivity contribution in [1.29, 1.82) is 0 Å². The third kappa shape index (κ3) is 6.25. The first kappa shape index (κ1) is 19.0. The van der Waals surface area contributed by atoms with Crippen molar-refractivity contribution in [2.24, 2.45) is 5.92 Å². The topological polar surface area (TPSA) is 58.6 Å². The van der Waals surface area contributed by atoms with Crippen molar-refractivity contribution in [2.45, 2.75) is 38.6 Å². The van der Waals surface area contributed by atoms with Crippen LogP contribution in [0.2, 0.25) is 0 Å². The van der Waals surface area contributed by atoms with Crippen molar-refractivity contribution in [2.75, 3.05) is 20.2 Å². The normalized spacial score (nSPS) is 14.6. The van der Waals surface area contributed by atoms with Crippen molar-refractivity contribution in [3.8, 4) is 5.75 Å². The number of carbonyl (C=O) groups excluding carboxylic acids is 2. The summed E-state index contributed by atoms with van der Waals surface area (Å²) in [7, 11) is 1.75. The van der Waals surface area contributed by atoms with Crippen LogP contribution >= 0.6 is 0 Å². The van der Waals surface area contributed by atoms with Crippen molar-refractivity contribution in [1.82, 2.24) is 10.2 Å². The Bertz CT molecular complexity index is 577. The summed E-state index contributed by atoms with van der Waals surface area (Å²) in [5, 5.41) is 2.79. The molecule has 0 bridgehead atoms. The van der Waals surface area contributed by atoms with Crippen LogP contribution in [0.25, 0.3) is 0 Å². The summed E-state index contributed by atoms with van der Waals surface area (Å²) in [6, 6.07) is 7.62. The van der Waals surface area contributed by atoms with Crippen LogP contribution in [-0.2, 0) is 16.1 Å². The first-order valence-electron chi connectivity index (χ1n) is 8.94. The summed E-state index contributed by atoms with van der Waals surface area (Å²) in [5.74, 6) is 0.786. The molecule has 0 atom stereocenters. The van der Waals surface area contributed by atoms with E-state index in [0.29, 0.717) is 13.2 Å². The molecule has 2 rings (SSSR count). The molecule has 2 amide bonds. The second-order valence-electron chi connectivity index (χ2n) is 6.55. The van der Waals surface area contributed by atoms with Gasteiger partial charge in [0.05, 0.1) is 6.54 Å². The number of likely N-dealkylation sites (N-methyl/N-ethyl adjacent to an activating group) is 1. The van der Waals surface area contributed by atoms with Gasteiger partial charge >= 0.3 is 0 Å². The van der Waals surface area contributed by atoms with E-state index in [9.17, 15) is 9.59 Å². The minimum atomic E-state index is -0.0869. The molecule has 0 spiro atoms. The number of benzene rings is 1. The average molecular weight is 344 g/mol. The van der Waals surface area contributed by atoms with Gasteiger partial charge in [-0.3, -0.25) is 9.59 Å². The van der Waals surface area contributed by atoms with Crippen LogP contribution in [0.5, 0.6) is 5.75 Å². The Morgan fingerprint density at radius 3 is 2.56 bits per heavy atom. The average Bonchev–Trinajstić information content (AvgIpc) is 2.65. The molecule has 5 heteroatoms. The molecule has 1 N–H and O–H groups in total. The minimum Gasteiger partial charge on any atom is -0.490 e. The fourth-order valence-corrected chi connectivity index (χ4v) is 3.02. The third-order valence-electron chi connectivity index (χ3n) is 4.53. The first-order chi connectivity index (χ1) is 12.1. The van der Waals surface area contributed by atoms with Crippen LogP contribution in [-0.4, -0.2) is 36.9 Å². The Morgan fingerprint density at radius 2 is 1.92 bits per heavy atom. The molecule has 1 aromatic rings. The maximum Gasteiger partial charge on any atom is 0.242 e. The van der Waals surface area contributed by atoms with Crippen LogP contribution in [0.4, 0.5) is 0 Å². The number of nitrogens with zero attached hydrogens (tertiary/aromatic N) is 1. The lowest BCUT2D eigenvalue weighted by atomic mass is 9.89. The molecule has 1 saturated carbocycles. The van der Waals surface area contributed by atoms with E-state index in [-0.39, 0.29) is 24.3 Å². The molecule has 1 fully saturated rings. The number of hydrogen-bond acceptors (Lipinski definition) is 3. The van der Waals surface area contributed by atoms with E-state index in [1.807, 2.05) is 24.3 Å². The molecule has 1 aliphatic carbocycles. The SMILES string of the molecule is C=CCOc1ccc(CN(C)C(=O)CNC(=O)C2CCCCC2)cc1. The highest BCUT2D eigenvalue weighted by Crippen LogP contribution is 2.23. The van der Waals surface area contributed by atoms with Gasteiger partial charge in [-0.25, -0.2) is 0 Å². The van der Waals surface area contributed by atoms with Crippen molar-refractivity contribution < 1.29 is 14.3 Å². The van der Waals surface area contributed by atoms with Crippen molar-refractivity contribution in [3.63, 3.8) is 0 Å². The fourth-order valence-electron chi connectivity index (χ4n) is 3.02. The molecule has 0 aromatic heterocycles. The number of ether oxygens (including phenoxy) is 1. The maximum atomic E-state index is 12.2. The summed E-state index contributed by atoms with van der Waals surface area (Å²) in [5.41, 5.74) is 1.01. The molecule has 1 aromatic carbocycles. The largest absolute Gasteiger partial charge is 0.490 e. The molecule has 5 nitrogen and oxygen atoms in total. The Morgan fingerprint density at radius 1 is 1.24 bits per heavy atom. The molecule has 1 aliphatic rings. The van der Waals surface area contributed by atoms with E-state index in [4.69, 9.17) is 4.74 Å². The van der Waals surface area contributed by atoms with Gasteiger partial charge in [0.15, 0.2) is 0 Å². The lowest BCUT2D eigenvalue weighted by Crippen LogP contribution is -2.40. The summed E-state index contributed by atoms with van der Waals surface area (Å²) in [6.07, 6.45) is 7.01. The van der Waals surface area contributed by atoms with E-state index >= 15 is 0 Å². The van der Waals surface area contributed by atoms with Crippen LogP contribution in [0.1, 0.15) is 37.7 Å².